The molecule has 0 unspecified atom stereocenters. The van der Waals surface area contributed by atoms with Gasteiger partial charge in [0.1, 0.15) is 10.6 Å². The Balaban J connectivity index is 2.40. The molecule has 8 heteroatoms. The first-order valence-electron chi connectivity index (χ1n) is 5.71. The highest BCUT2D eigenvalue weighted by Gasteiger charge is 2.17. The summed E-state index contributed by atoms with van der Waals surface area (Å²) in [5.41, 5.74) is -0.564. The maximum Gasteiger partial charge on any atom is 0.412 e. The number of nitrogens with one attached hydrogen (secondary N) is 1. The minimum atomic E-state index is -1.40. The third-order valence-electron chi connectivity index (χ3n) is 1.71. The lowest BCUT2D eigenvalue weighted by atomic mass is 10.2. The lowest BCUT2D eigenvalue weighted by Gasteiger charge is -2.19. The summed E-state index contributed by atoms with van der Waals surface area (Å²) in [5.74, 6) is 0. The number of rotatable bonds is 5. The summed E-state index contributed by atoms with van der Waals surface area (Å²) in [6.45, 7) is 5.45. The van der Waals surface area contributed by atoms with E-state index in [9.17, 15) is 4.79 Å². The van der Waals surface area contributed by atoms with Crippen LogP contribution in [0.25, 0.3) is 0 Å². The fraction of sp³-hybridized carbons (Fsp3) is 0.636. The van der Waals surface area contributed by atoms with Crippen molar-refractivity contribution >= 4 is 22.4 Å². The highest BCUT2D eigenvalue weighted by Crippen LogP contribution is 2.25. The van der Waals surface area contributed by atoms with E-state index >= 15 is 0 Å². The van der Waals surface area contributed by atoms with Gasteiger partial charge >= 0.3 is 6.09 Å². The summed E-state index contributed by atoms with van der Waals surface area (Å²) in [5, 5.41) is 20.7. The molecule has 19 heavy (non-hydrogen) atoms. The number of anilines is 1. The second kappa shape index (κ2) is 6.69. The molecule has 0 saturated carbocycles. The van der Waals surface area contributed by atoms with Crippen LogP contribution in [0.4, 0.5) is 9.80 Å². The molecule has 0 aliphatic carbocycles. The molecule has 0 bridgehead atoms. The molecule has 1 amide bonds. The first-order chi connectivity index (χ1) is 8.76. The minimum absolute atomic E-state index is 0.0917. The lowest BCUT2D eigenvalue weighted by molar-refractivity contribution is -0.0519. The Morgan fingerprint density at radius 1 is 1.53 bits per heavy atom. The van der Waals surface area contributed by atoms with E-state index < -0.39 is 18.0 Å². The zero-order valence-corrected chi connectivity index (χ0v) is 11.9. The van der Waals surface area contributed by atoms with E-state index in [-0.39, 0.29) is 13.0 Å². The molecule has 0 atom stereocenters. The molecule has 1 rings (SSSR count). The molecule has 0 aliphatic rings. The smallest absolute Gasteiger partial charge is 0.412 e. The van der Waals surface area contributed by atoms with Crippen molar-refractivity contribution in [2.45, 2.75) is 39.1 Å². The van der Waals surface area contributed by atoms with Gasteiger partial charge in [-0.05, 0) is 20.8 Å². The SMILES string of the molecule is CC(C)(C)OC(=O)Nc1cnc(OCCC(O)O)s1. The number of aliphatic hydroxyl groups excluding tert-OH is 1. The minimum Gasteiger partial charge on any atom is -0.470 e. The van der Waals surface area contributed by atoms with Crippen LogP contribution in [0.1, 0.15) is 27.2 Å². The summed E-state index contributed by atoms with van der Waals surface area (Å²) in [7, 11) is 0. The molecular weight excluding hydrogens is 272 g/mol. The number of carbonyl (C=O) groups excluding carboxylic acids is 1. The highest BCUT2D eigenvalue weighted by molar-refractivity contribution is 7.17. The predicted molar refractivity (Wildman–Crippen MR) is 70.3 cm³/mol. The molecule has 1 aromatic rings. The summed E-state index contributed by atoms with van der Waals surface area (Å²) in [4.78, 5) is 15.4. The normalized spacial score (nSPS) is 11.5. The average molecular weight is 290 g/mol. The van der Waals surface area contributed by atoms with E-state index in [1.54, 1.807) is 20.8 Å². The second-order valence-corrected chi connectivity index (χ2v) is 5.73. The van der Waals surface area contributed by atoms with Gasteiger partial charge in [0.25, 0.3) is 5.19 Å². The van der Waals surface area contributed by atoms with E-state index in [2.05, 4.69) is 10.3 Å². The molecule has 0 saturated heterocycles. The Kier molecular flexibility index (Phi) is 5.52. The fourth-order valence-electron chi connectivity index (χ4n) is 1.04. The van der Waals surface area contributed by atoms with Gasteiger partial charge in [0.15, 0.2) is 6.29 Å². The first-order valence-corrected chi connectivity index (χ1v) is 6.53. The van der Waals surface area contributed by atoms with Gasteiger partial charge in [-0.1, -0.05) is 11.3 Å². The number of nitrogens with zero attached hydrogens (tertiary/aromatic N) is 1. The topological polar surface area (TPSA) is 101 Å². The van der Waals surface area contributed by atoms with Crippen LogP contribution in [-0.2, 0) is 4.74 Å². The van der Waals surface area contributed by atoms with Gasteiger partial charge < -0.3 is 19.7 Å². The van der Waals surface area contributed by atoms with Gasteiger partial charge in [0.05, 0.1) is 12.8 Å². The number of hydrogen-bond acceptors (Lipinski definition) is 7. The number of hydrogen-bond donors (Lipinski definition) is 3. The number of aliphatic hydroxyl groups is 2. The molecule has 1 heterocycles. The van der Waals surface area contributed by atoms with Crippen molar-refractivity contribution in [3.05, 3.63) is 6.20 Å². The fourth-order valence-corrected chi connectivity index (χ4v) is 1.71. The van der Waals surface area contributed by atoms with Crippen molar-refractivity contribution in [3.8, 4) is 5.19 Å². The number of amides is 1. The van der Waals surface area contributed by atoms with Crippen molar-refractivity contribution in [1.29, 1.82) is 0 Å². The standard InChI is InChI=1S/C11H18N2O5S/c1-11(2,3)18-9(16)13-7-6-12-10(19-7)17-5-4-8(14)15/h6,8,14-15H,4-5H2,1-3H3,(H,13,16). The summed E-state index contributed by atoms with van der Waals surface area (Å²) < 4.78 is 10.3. The predicted octanol–water partition coefficient (Wildman–Crippen LogP) is 1.57. The molecule has 0 fully saturated rings. The van der Waals surface area contributed by atoms with E-state index in [0.29, 0.717) is 10.2 Å². The van der Waals surface area contributed by atoms with Crippen molar-refractivity contribution in [2.24, 2.45) is 0 Å². The van der Waals surface area contributed by atoms with Crippen molar-refractivity contribution in [1.82, 2.24) is 4.98 Å². The Hall–Kier alpha value is -1.38. The molecule has 7 nitrogen and oxygen atoms in total. The quantitative estimate of drug-likeness (QED) is 0.712. The van der Waals surface area contributed by atoms with E-state index in [1.165, 1.54) is 6.20 Å². The molecule has 108 valence electrons. The van der Waals surface area contributed by atoms with Gasteiger partial charge in [-0.25, -0.2) is 9.78 Å². The Morgan fingerprint density at radius 2 is 2.21 bits per heavy atom. The third kappa shape index (κ3) is 6.94. The molecule has 0 aromatic carbocycles. The molecular formula is C11H18N2O5S. The van der Waals surface area contributed by atoms with E-state index in [4.69, 9.17) is 19.7 Å². The van der Waals surface area contributed by atoms with Crippen molar-refractivity contribution in [3.63, 3.8) is 0 Å². The van der Waals surface area contributed by atoms with Crippen LogP contribution in [-0.4, -0.2) is 39.8 Å². The van der Waals surface area contributed by atoms with E-state index in [0.717, 1.165) is 11.3 Å². The van der Waals surface area contributed by atoms with Gasteiger partial charge in [0.2, 0.25) is 0 Å². The molecule has 0 spiro atoms. The monoisotopic (exact) mass is 290 g/mol. The average Bonchev–Trinajstić information content (AvgIpc) is 2.61. The van der Waals surface area contributed by atoms with Crippen molar-refractivity contribution < 1.29 is 24.5 Å². The van der Waals surface area contributed by atoms with Gasteiger partial charge in [-0.3, -0.25) is 5.32 Å². The molecule has 1 aromatic heterocycles. The maximum atomic E-state index is 11.5. The first kappa shape index (κ1) is 15.7. The maximum absolute atomic E-state index is 11.5. The lowest BCUT2D eigenvalue weighted by Crippen LogP contribution is -2.26. The van der Waals surface area contributed by atoms with Crippen LogP contribution in [0, 0.1) is 0 Å². The van der Waals surface area contributed by atoms with E-state index in [1.807, 2.05) is 0 Å². The summed E-state index contributed by atoms with van der Waals surface area (Å²) in [6.07, 6.45) is -0.430. The Labute approximate surface area is 115 Å². The third-order valence-corrected chi connectivity index (χ3v) is 2.54. The van der Waals surface area contributed by atoms with Crippen LogP contribution >= 0.6 is 11.3 Å². The Morgan fingerprint density at radius 3 is 2.79 bits per heavy atom. The van der Waals surface area contributed by atoms with Crippen LogP contribution in [0.3, 0.4) is 0 Å². The zero-order valence-electron chi connectivity index (χ0n) is 11.0. The number of thiazole rings is 1. The Bertz CT molecular complexity index is 413. The van der Waals surface area contributed by atoms with Crippen LogP contribution in [0.2, 0.25) is 0 Å². The van der Waals surface area contributed by atoms with Gasteiger partial charge in [-0.15, -0.1) is 0 Å². The van der Waals surface area contributed by atoms with Crippen LogP contribution in [0.15, 0.2) is 6.20 Å². The number of ether oxygens (including phenoxy) is 2. The summed E-state index contributed by atoms with van der Waals surface area (Å²) in [6, 6.07) is 0. The molecule has 0 radical (unpaired) electrons. The zero-order chi connectivity index (χ0) is 14.5. The largest absolute Gasteiger partial charge is 0.470 e. The van der Waals surface area contributed by atoms with Gasteiger partial charge in [0, 0.05) is 6.42 Å². The van der Waals surface area contributed by atoms with Crippen molar-refractivity contribution in [2.75, 3.05) is 11.9 Å². The number of carbonyl (C=O) groups is 1. The second-order valence-electron chi connectivity index (χ2n) is 4.74. The summed E-state index contributed by atoms with van der Waals surface area (Å²) >= 11 is 1.13. The van der Waals surface area contributed by atoms with Crippen LogP contribution < -0.4 is 10.1 Å². The van der Waals surface area contributed by atoms with Crippen LogP contribution in [0.5, 0.6) is 5.19 Å². The molecule has 3 N–H and O–H groups in total. The number of aromatic nitrogens is 1. The molecule has 0 aliphatic heterocycles. The highest BCUT2D eigenvalue weighted by atomic mass is 32.1. The van der Waals surface area contributed by atoms with Gasteiger partial charge in [-0.2, -0.15) is 0 Å².